The van der Waals surface area contributed by atoms with Crippen LogP contribution in [0.2, 0.25) is 0 Å². The monoisotopic (exact) mass is 828 g/mol. The summed E-state index contributed by atoms with van der Waals surface area (Å²) in [6, 6.07) is -0.638. The zero-order valence-corrected chi connectivity index (χ0v) is 39.0. The van der Waals surface area contributed by atoms with Crippen LogP contribution in [0.5, 0.6) is 0 Å². The third-order valence-electron chi connectivity index (χ3n) is 11.3. The van der Waals surface area contributed by atoms with Gasteiger partial charge >= 0.3 is 5.97 Å². The van der Waals surface area contributed by atoms with Gasteiger partial charge in [-0.3, -0.25) is 9.59 Å². The first-order valence-electron chi connectivity index (χ1n) is 25.4. The van der Waals surface area contributed by atoms with Crippen molar-refractivity contribution in [1.82, 2.24) is 5.32 Å². The molecule has 0 aromatic carbocycles. The Morgan fingerprint density at radius 1 is 0.475 bits per heavy atom. The quantitative estimate of drug-likeness (QED) is 0.0323. The summed E-state index contributed by atoms with van der Waals surface area (Å²) in [7, 11) is 0. The minimum Gasteiger partial charge on any atom is -0.466 e. The molecule has 2 atom stereocenters. The fourth-order valence-electron chi connectivity index (χ4n) is 7.36. The molecule has 0 aromatic heterocycles. The van der Waals surface area contributed by atoms with Crippen LogP contribution in [0.3, 0.4) is 0 Å². The minimum absolute atomic E-state index is 0.0199. The molecule has 0 aliphatic heterocycles. The van der Waals surface area contributed by atoms with E-state index in [9.17, 15) is 19.8 Å². The van der Waals surface area contributed by atoms with Gasteiger partial charge < -0.3 is 20.3 Å². The summed E-state index contributed by atoms with van der Waals surface area (Å²) in [5, 5.41) is 22.9. The summed E-state index contributed by atoms with van der Waals surface area (Å²) in [6.45, 7) is 4.80. The Hall–Kier alpha value is -2.18. The SMILES string of the molecule is CCCCCC/C=C\C/C=C\CCCCCCCCCC(=O)OCCCCCC/C=C\CCCCCCCCCC(=O)NC(CO)C(O)/C=C/CCCCCCCCC. The van der Waals surface area contributed by atoms with Gasteiger partial charge in [0.25, 0.3) is 0 Å². The highest BCUT2D eigenvalue weighted by atomic mass is 16.5. The number of hydrogen-bond donors (Lipinski definition) is 3. The van der Waals surface area contributed by atoms with Crippen LogP contribution >= 0.6 is 0 Å². The second kappa shape index (κ2) is 48.5. The van der Waals surface area contributed by atoms with Crippen LogP contribution in [-0.2, 0) is 14.3 Å². The molecule has 1 amide bonds. The Kier molecular flexibility index (Phi) is 46.7. The molecule has 0 saturated heterocycles. The number of amides is 1. The maximum absolute atomic E-state index is 12.4. The molecule has 0 saturated carbocycles. The van der Waals surface area contributed by atoms with Gasteiger partial charge in [0.2, 0.25) is 5.91 Å². The standard InChI is InChI=1S/C53H97NO5/c1-3-5-7-9-11-13-14-15-16-17-18-21-24-27-31-35-39-43-47-53(58)59-48-44-40-36-32-28-25-22-19-20-23-26-30-34-38-42-46-52(57)54-50(49-55)51(56)45-41-37-33-29-12-10-8-6-4-2/h13-14,16-17,22,25,41,45,50-51,55-56H,3-12,15,18-21,23-24,26-40,42-44,46-49H2,1-2H3,(H,54,57)/b14-13-,17-16-,25-22-,45-41+. The lowest BCUT2D eigenvalue weighted by atomic mass is 10.1. The topological polar surface area (TPSA) is 95.9 Å². The Labute approximate surface area is 366 Å². The molecule has 2 unspecified atom stereocenters. The van der Waals surface area contributed by atoms with E-state index in [4.69, 9.17) is 4.74 Å². The van der Waals surface area contributed by atoms with E-state index in [1.54, 1.807) is 6.08 Å². The van der Waals surface area contributed by atoms with E-state index in [2.05, 4.69) is 55.6 Å². The number of rotatable bonds is 46. The van der Waals surface area contributed by atoms with E-state index < -0.39 is 12.1 Å². The molecule has 6 nitrogen and oxygen atoms in total. The molecule has 0 aromatic rings. The molecule has 0 bridgehead atoms. The van der Waals surface area contributed by atoms with E-state index in [1.807, 2.05) is 6.08 Å². The Balaban J connectivity index is 3.48. The van der Waals surface area contributed by atoms with E-state index in [1.165, 1.54) is 148 Å². The normalized spacial score (nSPS) is 13.1. The second-order valence-electron chi connectivity index (χ2n) is 17.1. The largest absolute Gasteiger partial charge is 0.466 e. The van der Waals surface area contributed by atoms with Crippen molar-refractivity contribution in [2.45, 2.75) is 264 Å². The van der Waals surface area contributed by atoms with Gasteiger partial charge in [0.1, 0.15) is 0 Å². The van der Waals surface area contributed by atoms with Crippen molar-refractivity contribution in [1.29, 1.82) is 0 Å². The lowest BCUT2D eigenvalue weighted by Gasteiger charge is -2.20. The van der Waals surface area contributed by atoms with Gasteiger partial charge in [-0.15, -0.1) is 0 Å². The van der Waals surface area contributed by atoms with E-state index in [0.29, 0.717) is 19.4 Å². The Bertz CT molecular complexity index is 1000. The fourth-order valence-corrected chi connectivity index (χ4v) is 7.36. The lowest BCUT2D eigenvalue weighted by molar-refractivity contribution is -0.143. The predicted octanol–water partition coefficient (Wildman–Crippen LogP) is 15.1. The molecule has 0 radical (unpaired) electrons. The highest BCUT2D eigenvalue weighted by Gasteiger charge is 2.18. The molecule has 3 N–H and O–H groups in total. The molecule has 59 heavy (non-hydrogen) atoms. The number of ether oxygens (including phenoxy) is 1. The molecule has 0 fully saturated rings. The van der Waals surface area contributed by atoms with Gasteiger partial charge in [-0.2, -0.15) is 0 Å². The van der Waals surface area contributed by atoms with Crippen molar-refractivity contribution in [3.05, 3.63) is 48.6 Å². The highest BCUT2D eigenvalue weighted by molar-refractivity contribution is 5.76. The van der Waals surface area contributed by atoms with E-state index >= 15 is 0 Å². The molecule has 0 aliphatic rings. The second-order valence-corrected chi connectivity index (χ2v) is 17.1. The summed E-state index contributed by atoms with van der Waals surface area (Å²) in [5.74, 6) is -0.108. The number of aliphatic hydroxyl groups is 2. The average molecular weight is 828 g/mol. The zero-order chi connectivity index (χ0) is 43.0. The van der Waals surface area contributed by atoms with Crippen molar-refractivity contribution in [2.24, 2.45) is 0 Å². The van der Waals surface area contributed by atoms with Crippen LogP contribution in [0.1, 0.15) is 251 Å². The number of carbonyl (C=O) groups excluding carboxylic acids is 2. The summed E-state index contributed by atoms with van der Waals surface area (Å²) < 4.78 is 5.46. The molecule has 6 heteroatoms. The number of unbranched alkanes of at least 4 members (excludes halogenated alkanes) is 29. The first-order valence-corrected chi connectivity index (χ1v) is 25.4. The number of allylic oxidation sites excluding steroid dienone is 7. The third kappa shape index (κ3) is 45.2. The van der Waals surface area contributed by atoms with Crippen LogP contribution in [0, 0.1) is 0 Å². The van der Waals surface area contributed by atoms with Gasteiger partial charge in [0.05, 0.1) is 25.4 Å². The first-order chi connectivity index (χ1) is 29.0. The summed E-state index contributed by atoms with van der Waals surface area (Å²) in [6.07, 6.45) is 59.7. The molecule has 0 rings (SSSR count). The summed E-state index contributed by atoms with van der Waals surface area (Å²) >= 11 is 0. The number of hydrogen-bond acceptors (Lipinski definition) is 5. The molecular formula is C53H97NO5. The van der Waals surface area contributed by atoms with Crippen molar-refractivity contribution in [3.8, 4) is 0 Å². The van der Waals surface area contributed by atoms with Gasteiger partial charge in [-0.25, -0.2) is 0 Å². The Morgan fingerprint density at radius 3 is 1.32 bits per heavy atom. The van der Waals surface area contributed by atoms with Gasteiger partial charge in [-0.05, 0) is 89.9 Å². The van der Waals surface area contributed by atoms with Crippen LogP contribution in [0.25, 0.3) is 0 Å². The average Bonchev–Trinajstić information content (AvgIpc) is 3.24. The highest BCUT2D eigenvalue weighted by Crippen LogP contribution is 2.14. The summed E-state index contributed by atoms with van der Waals surface area (Å²) in [5.41, 5.74) is 0. The Morgan fingerprint density at radius 2 is 0.847 bits per heavy atom. The van der Waals surface area contributed by atoms with Crippen LogP contribution in [0.15, 0.2) is 48.6 Å². The lowest BCUT2D eigenvalue weighted by Crippen LogP contribution is -2.45. The van der Waals surface area contributed by atoms with Crippen LogP contribution in [-0.4, -0.2) is 47.4 Å². The molecule has 0 aliphatic carbocycles. The van der Waals surface area contributed by atoms with E-state index in [0.717, 1.165) is 77.0 Å². The first kappa shape index (κ1) is 56.8. The van der Waals surface area contributed by atoms with Crippen molar-refractivity contribution >= 4 is 11.9 Å². The number of aliphatic hydroxyl groups excluding tert-OH is 2. The summed E-state index contributed by atoms with van der Waals surface area (Å²) in [4.78, 5) is 24.4. The molecule has 344 valence electrons. The van der Waals surface area contributed by atoms with Crippen molar-refractivity contribution in [3.63, 3.8) is 0 Å². The van der Waals surface area contributed by atoms with E-state index in [-0.39, 0.29) is 18.5 Å². The number of esters is 1. The van der Waals surface area contributed by atoms with Gasteiger partial charge in [0, 0.05) is 12.8 Å². The zero-order valence-electron chi connectivity index (χ0n) is 39.0. The number of nitrogens with one attached hydrogen (secondary N) is 1. The van der Waals surface area contributed by atoms with Gasteiger partial charge in [0.15, 0.2) is 0 Å². The third-order valence-corrected chi connectivity index (χ3v) is 11.3. The molecular weight excluding hydrogens is 731 g/mol. The number of carbonyl (C=O) groups is 2. The van der Waals surface area contributed by atoms with Gasteiger partial charge in [-0.1, -0.05) is 197 Å². The van der Waals surface area contributed by atoms with Crippen LogP contribution < -0.4 is 5.32 Å². The van der Waals surface area contributed by atoms with Crippen LogP contribution in [0.4, 0.5) is 0 Å². The fraction of sp³-hybridized carbons (Fsp3) is 0.811. The van der Waals surface area contributed by atoms with Crippen molar-refractivity contribution in [2.75, 3.05) is 13.2 Å². The predicted molar refractivity (Wildman–Crippen MR) is 255 cm³/mol. The molecule has 0 spiro atoms. The maximum Gasteiger partial charge on any atom is 0.305 e. The smallest absolute Gasteiger partial charge is 0.305 e. The van der Waals surface area contributed by atoms with Crippen molar-refractivity contribution < 1.29 is 24.5 Å². The maximum atomic E-state index is 12.4. The minimum atomic E-state index is -0.853. The molecule has 0 heterocycles.